The molecule has 0 fully saturated rings. The van der Waals surface area contributed by atoms with Gasteiger partial charge in [0.2, 0.25) is 0 Å². The summed E-state index contributed by atoms with van der Waals surface area (Å²) in [6.45, 7) is 4.09. The summed E-state index contributed by atoms with van der Waals surface area (Å²) in [5, 5.41) is 19.0. The van der Waals surface area contributed by atoms with E-state index in [1.54, 1.807) is 13.8 Å². The molecule has 7 nitrogen and oxygen atoms in total. The molecule has 0 amide bonds. The molecular weight excluding hydrogens is 335 g/mol. The van der Waals surface area contributed by atoms with Crippen LogP contribution in [0, 0.1) is 0 Å². The van der Waals surface area contributed by atoms with Crippen LogP contribution in [-0.4, -0.2) is 35.8 Å². The van der Waals surface area contributed by atoms with E-state index < -0.39 is 7.82 Å². The average Bonchev–Trinajstić information content (AvgIpc) is 2.53. The van der Waals surface area contributed by atoms with E-state index in [0.29, 0.717) is 19.3 Å². The van der Waals surface area contributed by atoms with Gasteiger partial charge in [0, 0.05) is 6.42 Å². The minimum absolute atomic E-state index is 0.0628. The summed E-state index contributed by atoms with van der Waals surface area (Å²) in [4.78, 5) is 12.0. The van der Waals surface area contributed by atoms with Gasteiger partial charge in [-0.2, -0.15) is 0 Å². The molecule has 0 saturated heterocycles. The molecule has 24 heavy (non-hydrogen) atoms. The highest BCUT2D eigenvalue weighted by molar-refractivity contribution is 7.48. The Morgan fingerprint density at radius 2 is 1.71 bits per heavy atom. The quantitative estimate of drug-likeness (QED) is 0.251. The molecule has 0 aromatic heterocycles. The summed E-state index contributed by atoms with van der Waals surface area (Å²) in [6.07, 6.45) is 2.11. The van der Waals surface area contributed by atoms with Crippen molar-refractivity contribution >= 4 is 13.6 Å². The maximum Gasteiger partial charge on any atom is 0.474 e. The van der Waals surface area contributed by atoms with Crippen molar-refractivity contribution in [3.8, 4) is 11.5 Å². The van der Waals surface area contributed by atoms with Crippen LogP contribution in [0.5, 0.6) is 11.5 Å². The van der Waals surface area contributed by atoms with Crippen LogP contribution < -0.4 is 0 Å². The summed E-state index contributed by atoms with van der Waals surface area (Å²) < 4.78 is 27.2. The Morgan fingerprint density at radius 3 is 2.33 bits per heavy atom. The molecular formula is C16H25O7P. The van der Waals surface area contributed by atoms with Gasteiger partial charge >= 0.3 is 7.82 Å². The van der Waals surface area contributed by atoms with Crippen LogP contribution in [0.1, 0.15) is 49.9 Å². The van der Waals surface area contributed by atoms with Crippen molar-refractivity contribution in [3.05, 3.63) is 23.8 Å². The highest BCUT2D eigenvalue weighted by atomic mass is 31.2. The molecule has 136 valence electrons. The first kappa shape index (κ1) is 20.6. The molecule has 1 aromatic rings. The number of unbranched alkanes of at least 4 members (excludes halogenated alkanes) is 2. The summed E-state index contributed by atoms with van der Waals surface area (Å²) in [7, 11) is -3.47. The molecule has 1 aromatic carbocycles. The Kier molecular flexibility index (Phi) is 9.00. The van der Waals surface area contributed by atoms with Gasteiger partial charge in [-0.15, -0.1) is 0 Å². The lowest BCUT2D eigenvalue weighted by Gasteiger charge is -2.16. The predicted octanol–water partition coefficient (Wildman–Crippen LogP) is 4.04. The zero-order valence-electron chi connectivity index (χ0n) is 14.1. The number of phosphoric acid groups is 1. The number of benzene rings is 1. The third kappa shape index (κ3) is 7.01. The molecule has 0 heterocycles. The van der Waals surface area contributed by atoms with Gasteiger partial charge in [-0.1, -0.05) is 6.42 Å². The fourth-order valence-electron chi connectivity index (χ4n) is 2.05. The zero-order valence-corrected chi connectivity index (χ0v) is 15.0. The first-order chi connectivity index (χ1) is 11.4. The van der Waals surface area contributed by atoms with E-state index in [-0.39, 0.29) is 49.1 Å². The van der Waals surface area contributed by atoms with Crippen molar-refractivity contribution in [2.24, 2.45) is 0 Å². The second-order valence-corrected chi connectivity index (χ2v) is 6.72. The molecule has 8 heteroatoms. The molecule has 0 bridgehead atoms. The Hall–Kier alpha value is -1.40. The van der Waals surface area contributed by atoms with Crippen LogP contribution in [0.2, 0.25) is 0 Å². The van der Waals surface area contributed by atoms with Crippen LogP contribution in [0.3, 0.4) is 0 Å². The molecule has 2 N–H and O–H groups in total. The number of phenolic OH excluding ortho intramolecular Hbond substituents is 2. The van der Waals surface area contributed by atoms with E-state index in [1.807, 2.05) is 0 Å². The molecule has 0 radical (unpaired) electrons. The second-order valence-electron chi connectivity index (χ2n) is 5.05. The standard InChI is InChI=1S/C16H25O7P/c1-3-21-24(20,22-4-2)23-11-7-5-6-8-15(18)14-12-13(17)9-10-16(14)19/h9-10,12,17,19H,3-8,11H2,1-2H3. The first-order valence-electron chi connectivity index (χ1n) is 8.00. The fourth-order valence-corrected chi connectivity index (χ4v) is 3.26. The second kappa shape index (κ2) is 10.5. The van der Waals surface area contributed by atoms with Crippen LogP contribution in [0.15, 0.2) is 18.2 Å². The predicted molar refractivity (Wildman–Crippen MR) is 89.4 cm³/mol. The van der Waals surface area contributed by atoms with E-state index in [1.165, 1.54) is 18.2 Å². The maximum absolute atomic E-state index is 12.0. The number of Topliss-reactive ketones (excluding diaryl/α,β-unsaturated/α-hetero) is 1. The minimum atomic E-state index is -3.47. The number of ketones is 1. The number of hydrogen-bond donors (Lipinski definition) is 2. The van der Waals surface area contributed by atoms with Gasteiger partial charge in [0.25, 0.3) is 0 Å². The number of hydrogen-bond acceptors (Lipinski definition) is 7. The van der Waals surface area contributed by atoms with Crippen molar-refractivity contribution in [3.63, 3.8) is 0 Å². The SMILES string of the molecule is CCOP(=O)(OCC)OCCCCCC(=O)c1cc(O)ccc1O. The third-order valence-corrected chi connectivity index (χ3v) is 4.80. The number of rotatable bonds is 12. The smallest absolute Gasteiger partial charge is 0.474 e. The van der Waals surface area contributed by atoms with E-state index in [0.717, 1.165) is 0 Å². The van der Waals surface area contributed by atoms with Gasteiger partial charge in [-0.05, 0) is 44.9 Å². The highest BCUT2D eigenvalue weighted by Gasteiger charge is 2.24. The highest BCUT2D eigenvalue weighted by Crippen LogP contribution is 2.49. The van der Waals surface area contributed by atoms with E-state index >= 15 is 0 Å². The van der Waals surface area contributed by atoms with Crippen LogP contribution in [0.4, 0.5) is 0 Å². The van der Waals surface area contributed by atoms with E-state index in [4.69, 9.17) is 13.6 Å². The summed E-state index contributed by atoms with van der Waals surface area (Å²) >= 11 is 0. The first-order valence-corrected chi connectivity index (χ1v) is 9.46. The topological polar surface area (TPSA) is 102 Å². The Labute approximate surface area is 142 Å². The number of phenols is 2. The fraction of sp³-hybridized carbons (Fsp3) is 0.562. The molecule has 0 aliphatic carbocycles. The van der Waals surface area contributed by atoms with Crippen molar-refractivity contribution in [1.82, 2.24) is 0 Å². The monoisotopic (exact) mass is 360 g/mol. The molecule has 0 unspecified atom stereocenters. The summed E-state index contributed by atoms with van der Waals surface area (Å²) in [5.74, 6) is -0.443. The lowest BCUT2D eigenvalue weighted by molar-refractivity contribution is 0.0971. The Balaban J connectivity index is 2.30. The zero-order chi connectivity index (χ0) is 18.0. The van der Waals surface area contributed by atoms with Gasteiger partial charge in [-0.25, -0.2) is 4.57 Å². The number of phosphoric ester groups is 1. The molecule has 0 spiro atoms. The van der Waals surface area contributed by atoms with Gasteiger partial charge in [0.15, 0.2) is 5.78 Å². The molecule has 0 atom stereocenters. The Morgan fingerprint density at radius 1 is 1.04 bits per heavy atom. The summed E-state index contributed by atoms with van der Waals surface area (Å²) in [6, 6.07) is 3.86. The number of carbonyl (C=O) groups is 1. The number of carbonyl (C=O) groups excluding carboxylic acids is 1. The molecule has 0 aliphatic heterocycles. The van der Waals surface area contributed by atoms with Crippen molar-refractivity contribution in [1.29, 1.82) is 0 Å². The summed E-state index contributed by atoms with van der Waals surface area (Å²) in [5.41, 5.74) is 0.114. The molecule has 0 aliphatic rings. The van der Waals surface area contributed by atoms with Gasteiger partial charge in [0.1, 0.15) is 11.5 Å². The average molecular weight is 360 g/mol. The largest absolute Gasteiger partial charge is 0.508 e. The van der Waals surface area contributed by atoms with E-state index in [9.17, 15) is 19.6 Å². The third-order valence-electron chi connectivity index (χ3n) is 3.15. The maximum atomic E-state index is 12.0. The van der Waals surface area contributed by atoms with Crippen molar-refractivity contribution in [2.75, 3.05) is 19.8 Å². The number of aromatic hydroxyl groups is 2. The van der Waals surface area contributed by atoms with Crippen molar-refractivity contribution in [2.45, 2.75) is 39.5 Å². The lowest BCUT2D eigenvalue weighted by Crippen LogP contribution is -2.02. The molecule has 0 saturated carbocycles. The van der Waals surface area contributed by atoms with Gasteiger partial charge in [-0.3, -0.25) is 18.4 Å². The Bertz CT molecular complexity index is 564. The van der Waals surface area contributed by atoms with Crippen LogP contribution in [-0.2, 0) is 18.1 Å². The molecule has 1 rings (SSSR count). The van der Waals surface area contributed by atoms with Gasteiger partial charge in [0.05, 0.1) is 25.4 Å². The van der Waals surface area contributed by atoms with Crippen molar-refractivity contribution < 1.29 is 33.1 Å². The van der Waals surface area contributed by atoms with Crippen LogP contribution in [0.25, 0.3) is 0 Å². The van der Waals surface area contributed by atoms with Crippen LogP contribution >= 0.6 is 7.82 Å². The minimum Gasteiger partial charge on any atom is -0.508 e. The van der Waals surface area contributed by atoms with E-state index in [2.05, 4.69) is 0 Å². The lowest BCUT2D eigenvalue weighted by atomic mass is 10.0. The van der Waals surface area contributed by atoms with Gasteiger partial charge < -0.3 is 10.2 Å². The normalized spacial score (nSPS) is 11.6.